The van der Waals surface area contributed by atoms with Gasteiger partial charge in [0.25, 0.3) is 0 Å². The Hall–Kier alpha value is -1.34. The fourth-order valence-electron chi connectivity index (χ4n) is 3.51. The summed E-state index contributed by atoms with van der Waals surface area (Å²) in [7, 11) is 0. The van der Waals surface area contributed by atoms with Gasteiger partial charge in [-0.25, -0.2) is 4.79 Å². The molecule has 0 aromatic carbocycles. The number of carboxylic acids is 1. The fourth-order valence-corrected chi connectivity index (χ4v) is 3.51. The number of carbonyl (C=O) groups excluding carboxylic acids is 1. The number of ether oxygens (including phenoxy) is 2. The molecule has 2 fully saturated rings. The molecule has 1 atom stereocenters. The monoisotopic (exact) mass is 329 g/mol. The molecule has 1 amide bonds. The molecule has 7 nitrogen and oxygen atoms in total. The van der Waals surface area contributed by atoms with Crippen LogP contribution in [0.5, 0.6) is 0 Å². The number of nitrogens with zero attached hydrogens (tertiary/aromatic N) is 1. The highest BCUT2D eigenvalue weighted by Crippen LogP contribution is 2.46. The van der Waals surface area contributed by atoms with Crippen molar-refractivity contribution < 1.29 is 29.3 Å². The van der Waals surface area contributed by atoms with Crippen molar-refractivity contribution in [2.45, 2.75) is 57.7 Å². The maximum atomic E-state index is 12.3. The summed E-state index contributed by atoms with van der Waals surface area (Å²) in [5.41, 5.74) is -3.36. The van der Waals surface area contributed by atoms with Crippen LogP contribution in [0.25, 0.3) is 0 Å². The van der Waals surface area contributed by atoms with Gasteiger partial charge < -0.3 is 24.6 Å². The standard InChI is InChI=1S/C16H27NO6/c1-14(2,3)23-13(20)17-8-4-5-16(21,11-17)15(12(18)19)6-9-22-10-7-15/h21H,4-11H2,1-3H3,(H,18,19). The Bertz CT molecular complexity index is 466. The molecule has 2 aliphatic heterocycles. The predicted octanol–water partition coefficient (Wildman–Crippen LogP) is 1.63. The lowest BCUT2D eigenvalue weighted by molar-refractivity contribution is -0.193. The molecule has 0 aromatic heterocycles. The first-order chi connectivity index (χ1) is 10.6. The van der Waals surface area contributed by atoms with Gasteiger partial charge in [-0.3, -0.25) is 4.79 Å². The van der Waals surface area contributed by atoms with E-state index in [0.29, 0.717) is 32.6 Å². The molecule has 2 saturated heterocycles. The lowest BCUT2D eigenvalue weighted by Crippen LogP contribution is -2.63. The number of amides is 1. The largest absolute Gasteiger partial charge is 0.481 e. The van der Waals surface area contributed by atoms with Crippen molar-refractivity contribution >= 4 is 12.1 Å². The van der Waals surface area contributed by atoms with Crippen LogP contribution in [0.3, 0.4) is 0 Å². The predicted molar refractivity (Wildman–Crippen MR) is 82.1 cm³/mol. The smallest absolute Gasteiger partial charge is 0.410 e. The van der Waals surface area contributed by atoms with Gasteiger partial charge in [-0.1, -0.05) is 0 Å². The first-order valence-electron chi connectivity index (χ1n) is 8.11. The second-order valence-corrected chi connectivity index (χ2v) is 7.54. The Morgan fingerprint density at radius 1 is 1.17 bits per heavy atom. The molecule has 0 spiro atoms. The average molecular weight is 329 g/mol. The molecule has 7 heteroatoms. The molecule has 0 radical (unpaired) electrons. The SMILES string of the molecule is CC(C)(C)OC(=O)N1CCCC(O)(C2(C(=O)O)CCOCC2)C1. The minimum absolute atomic E-state index is 0.0196. The van der Waals surface area contributed by atoms with Crippen molar-refractivity contribution in [2.24, 2.45) is 5.41 Å². The van der Waals surface area contributed by atoms with Crippen LogP contribution in [0, 0.1) is 5.41 Å². The highest BCUT2D eigenvalue weighted by molar-refractivity contribution is 5.77. The number of carboxylic acid groups (broad SMARTS) is 1. The van der Waals surface area contributed by atoms with Gasteiger partial charge in [0.1, 0.15) is 11.0 Å². The van der Waals surface area contributed by atoms with E-state index in [4.69, 9.17) is 9.47 Å². The number of carbonyl (C=O) groups is 2. The molecule has 2 rings (SSSR count). The Labute approximate surface area is 136 Å². The summed E-state index contributed by atoms with van der Waals surface area (Å²) in [4.78, 5) is 25.6. The topological polar surface area (TPSA) is 96.3 Å². The molecule has 23 heavy (non-hydrogen) atoms. The van der Waals surface area contributed by atoms with E-state index in [0.717, 1.165) is 0 Å². The second kappa shape index (κ2) is 6.28. The van der Waals surface area contributed by atoms with E-state index in [9.17, 15) is 19.8 Å². The molecule has 0 aliphatic carbocycles. The van der Waals surface area contributed by atoms with Crippen molar-refractivity contribution in [1.29, 1.82) is 0 Å². The van der Waals surface area contributed by atoms with Crippen LogP contribution in [0.1, 0.15) is 46.5 Å². The van der Waals surface area contributed by atoms with E-state index >= 15 is 0 Å². The van der Waals surface area contributed by atoms with Gasteiger partial charge in [0.05, 0.1) is 12.1 Å². The van der Waals surface area contributed by atoms with Gasteiger partial charge in [0.2, 0.25) is 0 Å². The van der Waals surface area contributed by atoms with E-state index in [2.05, 4.69) is 0 Å². The van der Waals surface area contributed by atoms with Crippen LogP contribution in [0.15, 0.2) is 0 Å². The molecule has 132 valence electrons. The van der Waals surface area contributed by atoms with Crippen LogP contribution < -0.4 is 0 Å². The zero-order valence-corrected chi connectivity index (χ0v) is 14.1. The Morgan fingerprint density at radius 3 is 2.30 bits per heavy atom. The summed E-state index contributed by atoms with van der Waals surface area (Å²) < 4.78 is 10.6. The van der Waals surface area contributed by atoms with Crippen molar-refractivity contribution in [3.05, 3.63) is 0 Å². The zero-order valence-electron chi connectivity index (χ0n) is 14.1. The van der Waals surface area contributed by atoms with E-state index in [1.165, 1.54) is 4.90 Å². The number of piperidine rings is 1. The van der Waals surface area contributed by atoms with E-state index in [1.807, 2.05) is 0 Å². The molecule has 0 aromatic rings. The quantitative estimate of drug-likeness (QED) is 0.799. The van der Waals surface area contributed by atoms with Crippen LogP contribution in [-0.4, -0.2) is 64.7 Å². The maximum absolute atomic E-state index is 12.3. The number of hydrogen-bond acceptors (Lipinski definition) is 5. The summed E-state index contributed by atoms with van der Waals surface area (Å²) in [6.07, 6.45) is 0.898. The van der Waals surface area contributed by atoms with Gasteiger partial charge in [-0.05, 0) is 46.5 Å². The second-order valence-electron chi connectivity index (χ2n) is 7.54. The third-order valence-electron chi connectivity index (χ3n) is 4.77. The van der Waals surface area contributed by atoms with E-state index in [-0.39, 0.29) is 19.4 Å². The molecule has 0 bridgehead atoms. The highest BCUT2D eigenvalue weighted by atomic mass is 16.6. The number of aliphatic carboxylic acids is 1. The van der Waals surface area contributed by atoms with Gasteiger partial charge in [0.15, 0.2) is 0 Å². The Kier molecular flexibility index (Phi) is 4.92. The Morgan fingerprint density at radius 2 is 1.78 bits per heavy atom. The van der Waals surface area contributed by atoms with Crippen LogP contribution >= 0.6 is 0 Å². The molecule has 2 heterocycles. The van der Waals surface area contributed by atoms with Crippen LogP contribution in [0.2, 0.25) is 0 Å². The molecule has 2 N–H and O–H groups in total. The van der Waals surface area contributed by atoms with Gasteiger partial charge in [0, 0.05) is 19.8 Å². The lowest BCUT2D eigenvalue weighted by Gasteiger charge is -2.50. The number of likely N-dealkylation sites (tertiary alicyclic amines) is 1. The van der Waals surface area contributed by atoms with Crippen molar-refractivity contribution in [3.8, 4) is 0 Å². The minimum Gasteiger partial charge on any atom is -0.481 e. The summed E-state index contributed by atoms with van der Waals surface area (Å²) in [6, 6.07) is 0. The number of rotatable bonds is 2. The summed E-state index contributed by atoms with van der Waals surface area (Å²) in [5, 5.41) is 20.9. The molecule has 1 unspecified atom stereocenters. The van der Waals surface area contributed by atoms with Crippen molar-refractivity contribution in [2.75, 3.05) is 26.3 Å². The van der Waals surface area contributed by atoms with Crippen LogP contribution in [-0.2, 0) is 14.3 Å². The number of aliphatic hydroxyl groups is 1. The maximum Gasteiger partial charge on any atom is 0.410 e. The molecular formula is C16H27NO6. The fraction of sp³-hybridized carbons (Fsp3) is 0.875. The molecule has 0 saturated carbocycles. The van der Waals surface area contributed by atoms with Crippen molar-refractivity contribution in [1.82, 2.24) is 4.90 Å². The minimum atomic E-state index is -1.46. The van der Waals surface area contributed by atoms with Gasteiger partial charge in [-0.2, -0.15) is 0 Å². The first-order valence-corrected chi connectivity index (χ1v) is 8.11. The first kappa shape index (κ1) is 18.0. The summed E-state index contributed by atoms with van der Waals surface area (Å²) in [6.45, 7) is 6.38. The zero-order chi connectivity index (χ0) is 17.3. The number of hydrogen-bond donors (Lipinski definition) is 2. The van der Waals surface area contributed by atoms with E-state index in [1.54, 1.807) is 20.8 Å². The Balaban J connectivity index is 2.20. The highest BCUT2D eigenvalue weighted by Gasteiger charge is 2.58. The van der Waals surface area contributed by atoms with Crippen LogP contribution in [0.4, 0.5) is 4.79 Å². The molecular weight excluding hydrogens is 302 g/mol. The lowest BCUT2D eigenvalue weighted by atomic mass is 9.63. The summed E-state index contributed by atoms with van der Waals surface area (Å²) >= 11 is 0. The van der Waals surface area contributed by atoms with E-state index < -0.39 is 28.7 Å². The average Bonchev–Trinajstić information content (AvgIpc) is 2.46. The van der Waals surface area contributed by atoms with Gasteiger partial charge >= 0.3 is 12.1 Å². The van der Waals surface area contributed by atoms with Crippen molar-refractivity contribution in [3.63, 3.8) is 0 Å². The third-order valence-corrected chi connectivity index (χ3v) is 4.77. The summed E-state index contributed by atoms with van der Waals surface area (Å²) in [5.74, 6) is -1.02. The molecule has 2 aliphatic rings. The third kappa shape index (κ3) is 3.61. The normalized spacial score (nSPS) is 28.3. The number of β-amino-alcohol motifs (C(OH)–C–C–N with tert-alkyl or cyclic N) is 1. The van der Waals surface area contributed by atoms with Gasteiger partial charge in [-0.15, -0.1) is 0 Å².